The molecule has 0 radical (unpaired) electrons. The van der Waals surface area contributed by atoms with Crippen molar-refractivity contribution in [3.05, 3.63) is 18.2 Å². The highest BCUT2D eigenvalue weighted by Gasteiger charge is 2.37. The molecular formula is C17H21N3O6S. The Morgan fingerprint density at radius 3 is 2.67 bits per heavy atom. The lowest BCUT2D eigenvalue weighted by Crippen LogP contribution is -2.42. The number of hydrogen-bond donors (Lipinski definition) is 1. The van der Waals surface area contributed by atoms with Crippen LogP contribution in [0.25, 0.3) is 0 Å². The molecule has 2 aliphatic rings. The first kappa shape index (κ1) is 19.2. The third kappa shape index (κ3) is 4.21. The molecular weight excluding hydrogens is 374 g/mol. The quantitative estimate of drug-likeness (QED) is 0.789. The van der Waals surface area contributed by atoms with Gasteiger partial charge in [0.2, 0.25) is 5.91 Å². The molecule has 1 N–H and O–H groups in total. The Morgan fingerprint density at radius 1 is 1.26 bits per heavy atom. The summed E-state index contributed by atoms with van der Waals surface area (Å²) in [6.45, 7) is 0. The minimum atomic E-state index is -3.16. The summed E-state index contributed by atoms with van der Waals surface area (Å²) in [5.41, 5.74) is 0.620. The fraction of sp³-hybridized carbons (Fsp3) is 0.471. The van der Waals surface area contributed by atoms with E-state index in [1.165, 1.54) is 14.2 Å². The van der Waals surface area contributed by atoms with Crippen LogP contribution in [0.3, 0.4) is 0 Å². The molecule has 10 heteroatoms. The highest BCUT2D eigenvalue weighted by atomic mass is 32.2. The van der Waals surface area contributed by atoms with E-state index in [0.29, 0.717) is 23.6 Å². The Hall–Kier alpha value is -2.62. The Morgan fingerprint density at radius 2 is 2.04 bits per heavy atom. The van der Waals surface area contributed by atoms with Crippen LogP contribution in [0.5, 0.6) is 11.5 Å². The second-order valence-corrected chi connectivity index (χ2v) is 8.59. The topological polar surface area (TPSA) is 114 Å². The number of rotatable bonds is 5. The molecule has 1 saturated heterocycles. The van der Waals surface area contributed by atoms with Gasteiger partial charge in [0.1, 0.15) is 17.2 Å². The lowest BCUT2D eigenvalue weighted by Gasteiger charge is -2.27. The monoisotopic (exact) mass is 395 g/mol. The summed E-state index contributed by atoms with van der Waals surface area (Å²) in [5.74, 6) is 0.186. The number of nitrogens with one attached hydrogen (secondary N) is 1. The van der Waals surface area contributed by atoms with Crippen molar-refractivity contribution >= 4 is 33.1 Å². The number of sulfone groups is 1. The van der Waals surface area contributed by atoms with Crippen LogP contribution in [0.1, 0.15) is 19.3 Å². The van der Waals surface area contributed by atoms with E-state index in [1.54, 1.807) is 18.2 Å². The number of hydrazone groups is 1. The first-order chi connectivity index (χ1) is 12.8. The number of anilines is 1. The summed E-state index contributed by atoms with van der Waals surface area (Å²) >= 11 is 0. The molecule has 146 valence electrons. The number of hydrogen-bond acceptors (Lipinski definition) is 7. The largest absolute Gasteiger partial charge is 0.497 e. The third-order valence-electron chi connectivity index (χ3n) is 4.53. The van der Waals surface area contributed by atoms with Gasteiger partial charge in [-0.2, -0.15) is 5.10 Å². The predicted molar refractivity (Wildman–Crippen MR) is 98.7 cm³/mol. The first-order valence-electron chi connectivity index (χ1n) is 8.46. The normalized spacial score (nSPS) is 21.6. The van der Waals surface area contributed by atoms with Gasteiger partial charge in [0.05, 0.1) is 37.5 Å². The molecule has 1 atom stereocenters. The smallest absolute Gasteiger partial charge is 0.271 e. The van der Waals surface area contributed by atoms with E-state index in [9.17, 15) is 18.0 Å². The zero-order chi connectivity index (χ0) is 19.6. The van der Waals surface area contributed by atoms with Crippen LogP contribution in [0.2, 0.25) is 0 Å². The summed E-state index contributed by atoms with van der Waals surface area (Å²) in [5, 5.41) is 8.03. The summed E-state index contributed by atoms with van der Waals surface area (Å²) in [6, 6.07) is 4.45. The van der Waals surface area contributed by atoms with Crippen LogP contribution in [-0.2, 0) is 19.4 Å². The molecule has 0 bridgehead atoms. The van der Waals surface area contributed by atoms with E-state index < -0.39 is 21.8 Å². The number of carbonyl (C=O) groups excluding carboxylic acids is 2. The van der Waals surface area contributed by atoms with Gasteiger partial charge in [-0.15, -0.1) is 0 Å². The van der Waals surface area contributed by atoms with Crippen LogP contribution < -0.4 is 14.8 Å². The molecule has 27 heavy (non-hydrogen) atoms. The average Bonchev–Trinajstić information content (AvgIpc) is 3.01. The molecule has 1 fully saturated rings. The highest BCUT2D eigenvalue weighted by molar-refractivity contribution is 7.91. The van der Waals surface area contributed by atoms with Crippen molar-refractivity contribution in [3.8, 4) is 11.5 Å². The van der Waals surface area contributed by atoms with Gasteiger partial charge in [-0.3, -0.25) is 9.59 Å². The maximum atomic E-state index is 12.6. The fourth-order valence-corrected chi connectivity index (χ4v) is 4.78. The molecule has 2 aliphatic heterocycles. The van der Waals surface area contributed by atoms with Gasteiger partial charge < -0.3 is 14.8 Å². The lowest BCUT2D eigenvalue weighted by molar-refractivity contribution is -0.133. The Kier molecular flexibility index (Phi) is 5.36. The number of nitrogens with zero attached hydrogens (tertiary/aromatic N) is 2. The number of carbonyl (C=O) groups is 2. The molecule has 1 aromatic carbocycles. The van der Waals surface area contributed by atoms with E-state index in [1.807, 2.05) is 0 Å². The van der Waals surface area contributed by atoms with E-state index >= 15 is 0 Å². The van der Waals surface area contributed by atoms with Gasteiger partial charge in [-0.05, 0) is 18.6 Å². The molecule has 3 rings (SSSR count). The molecule has 2 heterocycles. The molecule has 1 aromatic rings. The Bertz CT molecular complexity index is 896. The second-order valence-electron chi connectivity index (χ2n) is 6.36. The third-order valence-corrected chi connectivity index (χ3v) is 6.28. The zero-order valence-corrected chi connectivity index (χ0v) is 15.9. The average molecular weight is 395 g/mol. The van der Waals surface area contributed by atoms with Crippen molar-refractivity contribution < 1.29 is 27.5 Å². The number of ether oxygens (including phenoxy) is 2. The van der Waals surface area contributed by atoms with Crippen LogP contribution in [0.15, 0.2) is 23.3 Å². The minimum Gasteiger partial charge on any atom is -0.497 e. The van der Waals surface area contributed by atoms with Crippen molar-refractivity contribution in [1.29, 1.82) is 0 Å². The standard InChI is InChI=1S/C17H21N3O6S/c1-25-12-3-4-13(15(9-12)26-2)18-17(22)14-5-6-16(21)20(19-14)11-7-8-27(23,24)10-11/h3-4,9,11H,5-8,10H2,1-2H3,(H,18,22). The Labute approximate surface area is 157 Å². The molecule has 2 amide bonds. The predicted octanol–water partition coefficient (Wildman–Crippen LogP) is 0.808. The van der Waals surface area contributed by atoms with Gasteiger partial charge in [0.15, 0.2) is 9.84 Å². The summed E-state index contributed by atoms with van der Waals surface area (Å²) in [6.07, 6.45) is 0.639. The number of amides is 2. The second kappa shape index (κ2) is 7.55. The maximum absolute atomic E-state index is 12.6. The van der Waals surface area contributed by atoms with Gasteiger partial charge in [-0.25, -0.2) is 13.4 Å². The van der Waals surface area contributed by atoms with Gasteiger partial charge in [0, 0.05) is 18.9 Å². The lowest BCUT2D eigenvalue weighted by atomic mass is 10.1. The van der Waals surface area contributed by atoms with Crippen molar-refractivity contribution in [3.63, 3.8) is 0 Å². The van der Waals surface area contributed by atoms with E-state index in [4.69, 9.17) is 9.47 Å². The van der Waals surface area contributed by atoms with Crippen molar-refractivity contribution in [2.75, 3.05) is 31.0 Å². The molecule has 0 saturated carbocycles. The molecule has 9 nitrogen and oxygen atoms in total. The SMILES string of the molecule is COc1ccc(NC(=O)C2=NN(C3CCS(=O)(=O)C3)C(=O)CC2)c(OC)c1. The molecule has 0 aliphatic carbocycles. The van der Waals surface area contributed by atoms with Crippen molar-refractivity contribution in [2.24, 2.45) is 5.10 Å². The molecule has 1 unspecified atom stereocenters. The number of methoxy groups -OCH3 is 2. The summed E-state index contributed by atoms with van der Waals surface area (Å²) in [4.78, 5) is 24.7. The van der Waals surface area contributed by atoms with Crippen LogP contribution in [0.4, 0.5) is 5.69 Å². The van der Waals surface area contributed by atoms with E-state index in [-0.39, 0.29) is 36.0 Å². The van der Waals surface area contributed by atoms with Crippen LogP contribution >= 0.6 is 0 Å². The zero-order valence-electron chi connectivity index (χ0n) is 15.1. The fourth-order valence-electron chi connectivity index (χ4n) is 3.08. The van der Waals surface area contributed by atoms with Crippen molar-refractivity contribution in [1.82, 2.24) is 5.01 Å². The van der Waals surface area contributed by atoms with Gasteiger partial charge in [-0.1, -0.05) is 0 Å². The molecule has 0 aromatic heterocycles. The molecule has 0 spiro atoms. The van der Waals surface area contributed by atoms with E-state index in [0.717, 1.165) is 5.01 Å². The minimum absolute atomic E-state index is 0.0293. The summed E-state index contributed by atoms with van der Waals surface area (Å²) < 4.78 is 33.7. The van der Waals surface area contributed by atoms with E-state index in [2.05, 4.69) is 10.4 Å². The van der Waals surface area contributed by atoms with Crippen molar-refractivity contribution in [2.45, 2.75) is 25.3 Å². The Balaban J connectivity index is 1.78. The first-order valence-corrected chi connectivity index (χ1v) is 10.3. The maximum Gasteiger partial charge on any atom is 0.271 e. The van der Waals surface area contributed by atoms with Crippen LogP contribution in [0, 0.1) is 0 Å². The number of benzene rings is 1. The highest BCUT2D eigenvalue weighted by Crippen LogP contribution is 2.29. The van der Waals surface area contributed by atoms with Gasteiger partial charge in [0.25, 0.3) is 5.91 Å². The van der Waals surface area contributed by atoms with Gasteiger partial charge >= 0.3 is 0 Å². The van der Waals surface area contributed by atoms with Crippen LogP contribution in [-0.4, -0.2) is 62.7 Å². The summed E-state index contributed by atoms with van der Waals surface area (Å²) in [7, 11) is -0.160.